The van der Waals surface area contributed by atoms with Crippen LogP contribution in [0.1, 0.15) is 23.7 Å². The van der Waals surface area contributed by atoms with Crippen LogP contribution < -0.4 is 0 Å². The first-order valence-corrected chi connectivity index (χ1v) is 8.73. The van der Waals surface area contributed by atoms with Crippen LogP contribution in [0.15, 0.2) is 24.3 Å². The summed E-state index contributed by atoms with van der Waals surface area (Å²) in [5.74, 6) is 0. The lowest BCUT2D eigenvalue weighted by Gasteiger charge is -2.23. The summed E-state index contributed by atoms with van der Waals surface area (Å²) in [6.45, 7) is 6.77. The maximum atomic E-state index is 6.16. The predicted octanol–water partition coefficient (Wildman–Crippen LogP) is 3.53. The van der Waals surface area contributed by atoms with Crippen molar-refractivity contribution in [2.75, 3.05) is 0 Å². The number of rotatable bonds is 2. The van der Waals surface area contributed by atoms with Crippen LogP contribution in [0.5, 0.6) is 0 Å². The fourth-order valence-corrected chi connectivity index (χ4v) is 3.17. The van der Waals surface area contributed by atoms with Crippen molar-refractivity contribution in [2.24, 2.45) is 0 Å². The molecular weight excluding hydrogens is 188 g/mol. The van der Waals surface area contributed by atoms with Crippen molar-refractivity contribution in [1.29, 1.82) is 0 Å². The minimum Gasteiger partial charge on any atom is -0.411 e. The molecule has 1 atom stereocenters. The van der Waals surface area contributed by atoms with Crippen LogP contribution >= 0.6 is 0 Å². The van der Waals surface area contributed by atoms with Crippen LogP contribution in [0.4, 0.5) is 0 Å². The van der Waals surface area contributed by atoms with Gasteiger partial charge in [-0.15, -0.1) is 0 Å². The summed E-state index contributed by atoms with van der Waals surface area (Å²) in [6, 6.07) is 8.68. The maximum Gasteiger partial charge on any atom is 0.184 e. The molecule has 2 heteroatoms. The second-order valence-corrected chi connectivity index (χ2v) is 9.42. The van der Waals surface area contributed by atoms with Crippen LogP contribution in [-0.2, 0) is 10.8 Å². The molecule has 2 rings (SSSR count). The average Bonchev–Trinajstić information content (AvgIpc) is 2.47. The molecule has 1 aliphatic carbocycles. The highest BCUT2D eigenvalue weighted by atomic mass is 28.4. The molecule has 1 aromatic rings. The molecule has 0 spiro atoms. The molecule has 0 amide bonds. The Morgan fingerprint density at radius 3 is 2.64 bits per heavy atom. The summed E-state index contributed by atoms with van der Waals surface area (Å²) in [4.78, 5) is 0. The van der Waals surface area contributed by atoms with E-state index < -0.39 is 8.32 Å². The highest BCUT2D eigenvalue weighted by Crippen LogP contribution is 2.35. The van der Waals surface area contributed by atoms with E-state index in [2.05, 4.69) is 43.9 Å². The van der Waals surface area contributed by atoms with Gasteiger partial charge in [0.15, 0.2) is 8.32 Å². The van der Waals surface area contributed by atoms with E-state index in [1.54, 1.807) is 0 Å². The summed E-state index contributed by atoms with van der Waals surface area (Å²) in [5, 5.41) is 0. The normalized spacial score (nSPS) is 20.9. The molecule has 0 aliphatic heterocycles. The van der Waals surface area contributed by atoms with Crippen LogP contribution in [0, 0.1) is 0 Å². The van der Waals surface area contributed by atoms with E-state index in [4.69, 9.17) is 4.43 Å². The number of benzene rings is 1. The highest BCUT2D eigenvalue weighted by Gasteiger charge is 2.27. The van der Waals surface area contributed by atoms with Gasteiger partial charge in [0.25, 0.3) is 0 Å². The van der Waals surface area contributed by atoms with Gasteiger partial charge in [-0.1, -0.05) is 24.3 Å². The van der Waals surface area contributed by atoms with E-state index in [-0.39, 0.29) is 0 Å². The molecule has 0 saturated carbocycles. The Kier molecular flexibility index (Phi) is 2.50. The van der Waals surface area contributed by atoms with Crippen molar-refractivity contribution in [2.45, 2.75) is 38.6 Å². The minimum absolute atomic E-state index is 0.373. The largest absolute Gasteiger partial charge is 0.411 e. The fourth-order valence-electron chi connectivity index (χ4n) is 2.07. The summed E-state index contributed by atoms with van der Waals surface area (Å²) in [5.41, 5.74) is 2.91. The van der Waals surface area contributed by atoms with Gasteiger partial charge in [0.1, 0.15) is 0 Å². The third-order valence-corrected chi connectivity index (χ3v) is 3.57. The van der Waals surface area contributed by atoms with Crippen LogP contribution in [0.2, 0.25) is 19.6 Å². The van der Waals surface area contributed by atoms with Crippen molar-refractivity contribution in [3.05, 3.63) is 35.4 Å². The quantitative estimate of drug-likeness (QED) is 0.673. The summed E-state index contributed by atoms with van der Waals surface area (Å²) in [6.07, 6.45) is 2.73. The van der Waals surface area contributed by atoms with Gasteiger partial charge in [-0.25, -0.2) is 0 Å². The molecule has 0 radical (unpaired) electrons. The van der Waals surface area contributed by atoms with E-state index in [9.17, 15) is 0 Å². The Balaban J connectivity index is 2.18. The van der Waals surface area contributed by atoms with Gasteiger partial charge in [-0.2, -0.15) is 0 Å². The minimum atomic E-state index is -1.39. The zero-order valence-electron chi connectivity index (χ0n) is 9.21. The summed E-state index contributed by atoms with van der Waals surface area (Å²) < 4.78 is 6.16. The third kappa shape index (κ3) is 2.07. The Bertz CT molecular complexity index is 327. The lowest BCUT2D eigenvalue weighted by molar-refractivity contribution is 0.200. The van der Waals surface area contributed by atoms with Gasteiger partial charge >= 0.3 is 0 Å². The van der Waals surface area contributed by atoms with Crippen molar-refractivity contribution in [3.63, 3.8) is 0 Å². The molecule has 0 aromatic heterocycles. The van der Waals surface area contributed by atoms with Crippen molar-refractivity contribution in [1.82, 2.24) is 0 Å². The van der Waals surface area contributed by atoms with Gasteiger partial charge in [0.05, 0.1) is 6.10 Å². The molecule has 1 nitrogen and oxygen atoms in total. The number of fused-ring (bicyclic) bond motifs is 1. The number of hydrogen-bond donors (Lipinski definition) is 0. The molecule has 0 bridgehead atoms. The van der Waals surface area contributed by atoms with Crippen molar-refractivity contribution >= 4 is 8.32 Å². The Morgan fingerprint density at radius 2 is 1.93 bits per heavy atom. The van der Waals surface area contributed by atoms with Gasteiger partial charge in [0.2, 0.25) is 0 Å². The second-order valence-electron chi connectivity index (χ2n) is 4.96. The Labute approximate surface area is 87.2 Å². The molecule has 14 heavy (non-hydrogen) atoms. The lowest BCUT2D eigenvalue weighted by atomic mass is 10.1. The zero-order chi connectivity index (χ0) is 10.2. The summed E-state index contributed by atoms with van der Waals surface area (Å²) >= 11 is 0. The maximum absolute atomic E-state index is 6.16. The third-order valence-electron chi connectivity index (χ3n) is 2.57. The monoisotopic (exact) mass is 206 g/mol. The molecule has 1 aliphatic rings. The number of hydrogen-bond acceptors (Lipinski definition) is 1. The first-order valence-electron chi connectivity index (χ1n) is 5.32. The molecule has 1 aromatic carbocycles. The van der Waals surface area contributed by atoms with Crippen LogP contribution in [0.25, 0.3) is 0 Å². The molecule has 1 unspecified atom stereocenters. The van der Waals surface area contributed by atoms with E-state index in [1.807, 2.05) is 0 Å². The zero-order valence-corrected chi connectivity index (χ0v) is 10.2. The molecule has 0 N–H and O–H groups in total. The van der Waals surface area contributed by atoms with E-state index in [0.29, 0.717) is 6.10 Å². The molecule has 0 fully saturated rings. The smallest absolute Gasteiger partial charge is 0.184 e. The van der Waals surface area contributed by atoms with Gasteiger partial charge in [-0.05, 0) is 43.6 Å². The van der Waals surface area contributed by atoms with Gasteiger partial charge in [-0.3, -0.25) is 0 Å². The van der Waals surface area contributed by atoms with Crippen molar-refractivity contribution in [3.8, 4) is 0 Å². The standard InChI is InChI=1S/C12H18OSi/c1-14(2,3)13-12-9-8-10-6-4-5-7-11(10)12/h4-7,12H,8-9H2,1-3H3. The van der Waals surface area contributed by atoms with Crippen molar-refractivity contribution < 1.29 is 4.43 Å². The Hall–Kier alpha value is -0.603. The molecular formula is C12H18OSi. The van der Waals surface area contributed by atoms with Gasteiger partial charge < -0.3 is 4.43 Å². The molecule has 76 valence electrons. The summed E-state index contributed by atoms with van der Waals surface area (Å²) in [7, 11) is -1.39. The molecule has 0 heterocycles. The van der Waals surface area contributed by atoms with Crippen LogP contribution in [-0.4, -0.2) is 8.32 Å². The fraction of sp³-hybridized carbons (Fsp3) is 0.500. The highest BCUT2D eigenvalue weighted by molar-refractivity contribution is 6.69. The first-order chi connectivity index (χ1) is 6.56. The van der Waals surface area contributed by atoms with Gasteiger partial charge in [0, 0.05) is 0 Å². The van der Waals surface area contributed by atoms with E-state index in [1.165, 1.54) is 24.0 Å². The predicted molar refractivity (Wildman–Crippen MR) is 61.9 cm³/mol. The average molecular weight is 206 g/mol. The second kappa shape index (κ2) is 3.52. The SMILES string of the molecule is C[Si](C)(C)OC1CCc2ccccc21. The lowest BCUT2D eigenvalue weighted by Crippen LogP contribution is -2.27. The van der Waals surface area contributed by atoms with E-state index >= 15 is 0 Å². The number of aryl methyl sites for hydroxylation is 1. The topological polar surface area (TPSA) is 9.23 Å². The van der Waals surface area contributed by atoms with Crippen LogP contribution in [0.3, 0.4) is 0 Å². The Morgan fingerprint density at radius 1 is 1.21 bits per heavy atom. The first kappa shape index (κ1) is 9.93. The van der Waals surface area contributed by atoms with E-state index in [0.717, 1.165) is 0 Å². The molecule has 0 saturated heterocycles.